The smallest absolute Gasteiger partial charge is 0.00955 e. The molecule has 0 spiro atoms. The fraction of sp³-hybridized carbons (Fsp3) is 1.00. The average Bonchev–Trinajstić information content (AvgIpc) is 1.64. The highest BCUT2D eigenvalue weighted by Crippen LogP contribution is 2.19. The predicted octanol–water partition coefficient (Wildman–Crippen LogP) is 2.14. The molecule has 1 nitrogen and oxygen atoms in total. The van der Waals surface area contributed by atoms with E-state index in [4.69, 9.17) is 5.73 Å². The van der Waals surface area contributed by atoms with Crippen molar-refractivity contribution in [3.8, 4) is 0 Å². The maximum absolute atomic E-state index is 5.83. The molecule has 0 heterocycles. The van der Waals surface area contributed by atoms with Gasteiger partial charge in [0, 0.05) is 11.4 Å². The van der Waals surface area contributed by atoms with Crippen LogP contribution >= 0.6 is 15.9 Å². The third kappa shape index (κ3) is 3.93. The maximum Gasteiger partial charge on any atom is 0.00955 e. The molecule has 9 heavy (non-hydrogen) atoms. The van der Waals surface area contributed by atoms with Crippen LogP contribution < -0.4 is 5.73 Å². The molecule has 0 saturated carbocycles. The fourth-order valence-corrected chi connectivity index (χ4v) is 1.04. The molecular weight excluding hydrogens is 178 g/mol. The summed E-state index contributed by atoms with van der Waals surface area (Å²) in [5, 5.41) is 1.01. The molecule has 1 unspecified atom stereocenters. The highest BCUT2D eigenvalue weighted by molar-refractivity contribution is 9.09. The summed E-state index contributed by atoms with van der Waals surface area (Å²) < 4.78 is 0. The van der Waals surface area contributed by atoms with Crippen molar-refractivity contribution in [2.24, 2.45) is 11.1 Å². The summed E-state index contributed by atoms with van der Waals surface area (Å²) in [5.74, 6) is 0. The number of nitrogens with two attached hydrogens (primary N) is 1. The van der Waals surface area contributed by atoms with Gasteiger partial charge >= 0.3 is 0 Å². The van der Waals surface area contributed by atoms with Crippen LogP contribution in [0, 0.1) is 5.41 Å². The normalized spacial score (nSPS) is 15.7. The highest BCUT2D eigenvalue weighted by atomic mass is 79.9. The van der Waals surface area contributed by atoms with Crippen LogP contribution in [-0.4, -0.2) is 11.4 Å². The van der Waals surface area contributed by atoms with E-state index < -0.39 is 0 Å². The Morgan fingerprint density at radius 3 is 2.00 bits per heavy atom. The van der Waals surface area contributed by atoms with Gasteiger partial charge in [0.2, 0.25) is 0 Å². The quantitative estimate of drug-likeness (QED) is 0.669. The summed E-state index contributed by atoms with van der Waals surface area (Å²) >= 11 is 3.36. The zero-order valence-electron chi connectivity index (χ0n) is 6.45. The summed E-state index contributed by atoms with van der Waals surface area (Å²) in [5.41, 5.74) is 6.09. The molecule has 2 heteroatoms. The van der Waals surface area contributed by atoms with Crippen molar-refractivity contribution in [1.29, 1.82) is 0 Å². The van der Waals surface area contributed by atoms with Gasteiger partial charge in [0.15, 0.2) is 0 Å². The van der Waals surface area contributed by atoms with Gasteiger partial charge in [0.1, 0.15) is 0 Å². The SMILES string of the molecule is CC(C)(C)C(N)CCBr. The molecule has 0 fully saturated rings. The number of halogens is 1. The third-order valence-corrected chi connectivity index (χ3v) is 1.99. The molecule has 0 aliphatic rings. The second-order valence-corrected chi connectivity index (χ2v) is 4.24. The zero-order chi connectivity index (χ0) is 7.49. The van der Waals surface area contributed by atoms with Crippen molar-refractivity contribution in [1.82, 2.24) is 0 Å². The van der Waals surface area contributed by atoms with Crippen molar-refractivity contribution in [3.63, 3.8) is 0 Å². The molecule has 0 aromatic rings. The lowest BCUT2D eigenvalue weighted by atomic mass is 9.86. The number of hydrogen-bond acceptors (Lipinski definition) is 1. The minimum Gasteiger partial charge on any atom is -0.327 e. The zero-order valence-corrected chi connectivity index (χ0v) is 8.03. The van der Waals surface area contributed by atoms with Gasteiger partial charge in [0.25, 0.3) is 0 Å². The van der Waals surface area contributed by atoms with Gasteiger partial charge < -0.3 is 5.73 Å². The Labute approximate surface area is 66.1 Å². The van der Waals surface area contributed by atoms with E-state index in [0.29, 0.717) is 6.04 Å². The van der Waals surface area contributed by atoms with Crippen molar-refractivity contribution in [3.05, 3.63) is 0 Å². The van der Waals surface area contributed by atoms with Gasteiger partial charge in [0.05, 0.1) is 0 Å². The van der Waals surface area contributed by atoms with E-state index in [0.717, 1.165) is 11.8 Å². The van der Waals surface area contributed by atoms with Crippen LogP contribution in [0.2, 0.25) is 0 Å². The van der Waals surface area contributed by atoms with E-state index in [-0.39, 0.29) is 5.41 Å². The van der Waals surface area contributed by atoms with Gasteiger partial charge in [-0.05, 0) is 11.8 Å². The topological polar surface area (TPSA) is 26.0 Å². The van der Waals surface area contributed by atoms with Crippen LogP contribution in [0.4, 0.5) is 0 Å². The van der Waals surface area contributed by atoms with Crippen molar-refractivity contribution in [2.75, 3.05) is 5.33 Å². The first-order valence-electron chi connectivity index (χ1n) is 3.30. The standard InChI is InChI=1S/C7H16BrN/c1-7(2,3)6(9)4-5-8/h6H,4-5,9H2,1-3H3. The molecule has 56 valence electrons. The Morgan fingerprint density at radius 1 is 1.44 bits per heavy atom. The highest BCUT2D eigenvalue weighted by Gasteiger charge is 2.18. The van der Waals surface area contributed by atoms with Crippen LogP contribution in [0.15, 0.2) is 0 Å². The van der Waals surface area contributed by atoms with E-state index >= 15 is 0 Å². The lowest BCUT2D eigenvalue weighted by molar-refractivity contribution is 0.315. The second-order valence-electron chi connectivity index (χ2n) is 3.45. The number of alkyl halides is 1. The van der Waals surface area contributed by atoms with Crippen LogP contribution in [0.5, 0.6) is 0 Å². The second kappa shape index (κ2) is 3.57. The largest absolute Gasteiger partial charge is 0.327 e. The molecule has 0 aromatic heterocycles. The van der Waals surface area contributed by atoms with Gasteiger partial charge in [-0.15, -0.1) is 0 Å². The predicted molar refractivity (Wildman–Crippen MR) is 45.8 cm³/mol. The minimum absolute atomic E-state index is 0.258. The van der Waals surface area contributed by atoms with E-state index in [9.17, 15) is 0 Å². The molecule has 0 aliphatic heterocycles. The summed E-state index contributed by atoms with van der Waals surface area (Å²) in [4.78, 5) is 0. The van der Waals surface area contributed by atoms with Crippen LogP contribution in [0.3, 0.4) is 0 Å². The van der Waals surface area contributed by atoms with Crippen LogP contribution in [-0.2, 0) is 0 Å². The monoisotopic (exact) mass is 193 g/mol. The van der Waals surface area contributed by atoms with Crippen LogP contribution in [0.25, 0.3) is 0 Å². The van der Waals surface area contributed by atoms with Crippen LogP contribution in [0.1, 0.15) is 27.2 Å². The lowest BCUT2D eigenvalue weighted by Crippen LogP contribution is -2.35. The molecule has 0 amide bonds. The molecule has 0 rings (SSSR count). The first kappa shape index (κ1) is 9.44. The van der Waals surface area contributed by atoms with E-state index in [1.807, 2.05) is 0 Å². The third-order valence-electron chi connectivity index (χ3n) is 1.53. The van der Waals surface area contributed by atoms with Gasteiger partial charge in [-0.25, -0.2) is 0 Å². The number of hydrogen-bond donors (Lipinski definition) is 1. The molecule has 2 N–H and O–H groups in total. The average molecular weight is 194 g/mol. The summed E-state index contributed by atoms with van der Waals surface area (Å²) in [7, 11) is 0. The lowest BCUT2D eigenvalue weighted by Gasteiger charge is -2.26. The molecule has 0 bridgehead atoms. The Morgan fingerprint density at radius 2 is 1.89 bits per heavy atom. The van der Waals surface area contributed by atoms with Crippen molar-refractivity contribution < 1.29 is 0 Å². The molecule has 0 saturated heterocycles. The first-order chi connectivity index (χ1) is 3.98. The molecular formula is C7H16BrN. The summed E-state index contributed by atoms with van der Waals surface area (Å²) in [6.45, 7) is 6.50. The van der Waals surface area contributed by atoms with E-state index in [1.54, 1.807) is 0 Å². The molecule has 0 aliphatic carbocycles. The van der Waals surface area contributed by atoms with Gasteiger partial charge in [-0.2, -0.15) is 0 Å². The Bertz CT molecular complexity index is 75.5. The van der Waals surface area contributed by atoms with Gasteiger partial charge in [-0.1, -0.05) is 36.7 Å². The molecule has 0 radical (unpaired) electrons. The summed E-state index contributed by atoms with van der Waals surface area (Å²) in [6.07, 6.45) is 1.06. The molecule has 1 atom stereocenters. The number of rotatable bonds is 2. The maximum atomic E-state index is 5.83. The summed E-state index contributed by atoms with van der Waals surface area (Å²) in [6, 6.07) is 0.317. The van der Waals surface area contributed by atoms with Crippen molar-refractivity contribution >= 4 is 15.9 Å². The van der Waals surface area contributed by atoms with E-state index in [1.165, 1.54) is 0 Å². The Hall–Kier alpha value is 0.440. The first-order valence-corrected chi connectivity index (χ1v) is 4.42. The fourth-order valence-electron chi connectivity index (χ4n) is 0.551. The molecule has 0 aromatic carbocycles. The van der Waals surface area contributed by atoms with Crippen molar-refractivity contribution in [2.45, 2.75) is 33.2 Å². The van der Waals surface area contributed by atoms with E-state index in [2.05, 4.69) is 36.7 Å². The Kier molecular flexibility index (Phi) is 3.74. The minimum atomic E-state index is 0.258. The van der Waals surface area contributed by atoms with Gasteiger partial charge in [-0.3, -0.25) is 0 Å². The Balaban J connectivity index is 3.59.